The van der Waals surface area contributed by atoms with Gasteiger partial charge in [-0.2, -0.15) is 0 Å². The maximum Gasteiger partial charge on any atom is 0.227 e. The van der Waals surface area contributed by atoms with Gasteiger partial charge >= 0.3 is 0 Å². The molecule has 0 spiro atoms. The lowest BCUT2D eigenvalue weighted by Gasteiger charge is -2.18. The maximum atomic E-state index is 12.2. The predicted octanol–water partition coefficient (Wildman–Crippen LogP) is 2.55. The standard InChI is InChI=1S/C17H19BrN2O2/c1-11(18)9-19-17(22)14-8-16(21)20(10-14)15-6-5-12-3-2-4-13(12)7-15/h5-7,14H,1-4,8-10H2,(H,19,22)/t14-/m0/s1. The molecule has 4 nitrogen and oxygen atoms in total. The van der Waals surface area contributed by atoms with E-state index in [4.69, 9.17) is 0 Å². The highest BCUT2D eigenvalue weighted by Gasteiger charge is 2.35. The minimum atomic E-state index is -0.285. The zero-order chi connectivity index (χ0) is 15.7. The second-order valence-corrected chi connectivity index (χ2v) is 7.07. The van der Waals surface area contributed by atoms with Crippen molar-refractivity contribution in [3.05, 3.63) is 40.4 Å². The van der Waals surface area contributed by atoms with Gasteiger partial charge in [-0.15, -0.1) is 0 Å². The normalized spacial score (nSPS) is 20.1. The second-order valence-electron chi connectivity index (χ2n) is 5.95. The summed E-state index contributed by atoms with van der Waals surface area (Å²) < 4.78 is 0.723. The lowest BCUT2D eigenvalue weighted by molar-refractivity contribution is -0.126. The Balaban J connectivity index is 1.69. The third kappa shape index (κ3) is 3.09. The zero-order valence-corrected chi connectivity index (χ0v) is 14.0. The molecule has 0 radical (unpaired) electrons. The summed E-state index contributed by atoms with van der Waals surface area (Å²) in [6.45, 7) is 4.54. The van der Waals surface area contributed by atoms with Crippen LogP contribution in [0.25, 0.3) is 0 Å². The molecule has 2 aliphatic rings. The minimum absolute atomic E-state index is 0.0239. The van der Waals surface area contributed by atoms with E-state index in [1.165, 1.54) is 17.5 Å². The topological polar surface area (TPSA) is 49.4 Å². The molecule has 1 aliphatic heterocycles. The smallest absolute Gasteiger partial charge is 0.227 e. The van der Waals surface area contributed by atoms with Crippen molar-refractivity contribution in [2.24, 2.45) is 5.92 Å². The van der Waals surface area contributed by atoms with Gasteiger partial charge in [0.05, 0.1) is 5.92 Å². The zero-order valence-electron chi connectivity index (χ0n) is 12.4. The molecule has 5 heteroatoms. The Labute approximate surface area is 138 Å². The molecule has 1 aromatic carbocycles. The van der Waals surface area contributed by atoms with Gasteiger partial charge < -0.3 is 10.2 Å². The van der Waals surface area contributed by atoms with Crippen molar-refractivity contribution in [1.82, 2.24) is 5.32 Å². The Morgan fingerprint density at radius 1 is 1.36 bits per heavy atom. The Morgan fingerprint density at radius 3 is 2.91 bits per heavy atom. The fraction of sp³-hybridized carbons (Fsp3) is 0.412. The number of anilines is 1. The number of fused-ring (bicyclic) bond motifs is 1. The molecule has 22 heavy (non-hydrogen) atoms. The van der Waals surface area contributed by atoms with Gasteiger partial charge in [-0.25, -0.2) is 0 Å². The molecule has 116 valence electrons. The number of nitrogens with zero attached hydrogens (tertiary/aromatic N) is 1. The lowest BCUT2D eigenvalue weighted by Crippen LogP contribution is -2.33. The fourth-order valence-electron chi connectivity index (χ4n) is 3.19. The van der Waals surface area contributed by atoms with E-state index in [-0.39, 0.29) is 24.2 Å². The molecule has 0 aromatic heterocycles. The molecular formula is C17H19BrN2O2. The van der Waals surface area contributed by atoms with Crippen LogP contribution in [-0.4, -0.2) is 24.9 Å². The van der Waals surface area contributed by atoms with Crippen molar-refractivity contribution in [3.63, 3.8) is 0 Å². The van der Waals surface area contributed by atoms with Crippen LogP contribution in [0.2, 0.25) is 0 Å². The molecule has 1 aliphatic carbocycles. The maximum absolute atomic E-state index is 12.2. The minimum Gasteiger partial charge on any atom is -0.351 e. The summed E-state index contributed by atoms with van der Waals surface area (Å²) in [5, 5.41) is 2.79. The summed E-state index contributed by atoms with van der Waals surface area (Å²) >= 11 is 3.21. The number of carbonyl (C=O) groups excluding carboxylic acids is 2. The highest BCUT2D eigenvalue weighted by Crippen LogP contribution is 2.30. The first kappa shape index (κ1) is 15.3. The van der Waals surface area contributed by atoms with Crippen molar-refractivity contribution in [3.8, 4) is 0 Å². The van der Waals surface area contributed by atoms with Crippen LogP contribution < -0.4 is 10.2 Å². The Hall–Kier alpha value is -1.62. The Morgan fingerprint density at radius 2 is 2.14 bits per heavy atom. The van der Waals surface area contributed by atoms with Crippen LogP contribution in [0.3, 0.4) is 0 Å². The molecule has 0 saturated carbocycles. The molecule has 1 atom stereocenters. The van der Waals surface area contributed by atoms with Crippen LogP contribution in [0, 0.1) is 5.92 Å². The van der Waals surface area contributed by atoms with Gasteiger partial charge in [-0.1, -0.05) is 28.6 Å². The molecule has 1 fully saturated rings. The van der Waals surface area contributed by atoms with Crippen molar-refractivity contribution in [2.75, 3.05) is 18.0 Å². The number of hydrogen-bond acceptors (Lipinski definition) is 2. The third-order valence-electron chi connectivity index (χ3n) is 4.34. The average molecular weight is 363 g/mol. The predicted molar refractivity (Wildman–Crippen MR) is 90.0 cm³/mol. The number of aryl methyl sites for hydroxylation is 2. The van der Waals surface area contributed by atoms with E-state index in [9.17, 15) is 9.59 Å². The van der Waals surface area contributed by atoms with E-state index in [1.807, 2.05) is 6.07 Å². The number of hydrogen-bond donors (Lipinski definition) is 1. The first-order chi connectivity index (χ1) is 10.5. The molecule has 0 bridgehead atoms. The first-order valence-electron chi connectivity index (χ1n) is 7.58. The van der Waals surface area contributed by atoms with Crippen molar-refractivity contribution < 1.29 is 9.59 Å². The Bertz CT molecular complexity index is 642. The monoisotopic (exact) mass is 362 g/mol. The van der Waals surface area contributed by atoms with Crippen LogP contribution in [0.5, 0.6) is 0 Å². The van der Waals surface area contributed by atoms with Gasteiger partial charge in [0.2, 0.25) is 11.8 Å². The third-order valence-corrected chi connectivity index (χ3v) is 4.62. The summed E-state index contributed by atoms with van der Waals surface area (Å²) in [6, 6.07) is 6.23. The van der Waals surface area contributed by atoms with E-state index in [2.05, 4.69) is 40.0 Å². The van der Waals surface area contributed by atoms with E-state index in [0.717, 1.165) is 23.0 Å². The van der Waals surface area contributed by atoms with Crippen LogP contribution in [-0.2, 0) is 22.4 Å². The Kier molecular flexibility index (Phi) is 4.34. The molecular weight excluding hydrogens is 344 g/mol. The average Bonchev–Trinajstić information content (AvgIpc) is 3.10. The quantitative estimate of drug-likeness (QED) is 0.894. The van der Waals surface area contributed by atoms with Crippen LogP contribution in [0.1, 0.15) is 24.0 Å². The van der Waals surface area contributed by atoms with Gasteiger partial charge in [0.25, 0.3) is 0 Å². The lowest BCUT2D eigenvalue weighted by atomic mass is 10.1. The number of nitrogens with one attached hydrogen (secondary N) is 1. The molecule has 2 amide bonds. The number of amides is 2. The summed E-state index contributed by atoms with van der Waals surface area (Å²) in [5.41, 5.74) is 3.65. The number of rotatable bonds is 4. The number of carbonyl (C=O) groups is 2. The first-order valence-corrected chi connectivity index (χ1v) is 8.37. The highest BCUT2D eigenvalue weighted by molar-refractivity contribution is 9.11. The summed E-state index contributed by atoms with van der Waals surface area (Å²) in [7, 11) is 0. The van der Waals surface area contributed by atoms with E-state index in [0.29, 0.717) is 13.1 Å². The van der Waals surface area contributed by atoms with Gasteiger partial charge in [0.1, 0.15) is 0 Å². The van der Waals surface area contributed by atoms with Crippen molar-refractivity contribution >= 4 is 33.4 Å². The summed E-state index contributed by atoms with van der Waals surface area (Å²) in [5.74, 6) is -0.346. The SMILES string of the molecule is C=C(Br)CNC(=O)[C@H]1CC(=O)N(c2ccc3c(c2)CCC3)C1. The summed E-state index contributed by atoms with van der Waals surface area (Å²) in [4.78, 5) is 26.1. The molecule has 0 unspecified atom stereocenters. The second kappa shape index (κ2) is 6.24. The summed E-state index contributed by atoms with van der Waals surface area (Å²) in [6.07, 6.45) is 3.68. The largest absolute Gasteiger partial charge is 0.351 e. The van der Waals surface area contributed by atoms with Crippen molar-refractivity contribution in [2.45, 2.75) is 25.7 Å². The van der Waals surface area contributed by atoms with Gasteiger partial charge in [-0.3, -0.25) is 9.59 Å². The van der Waals surface area contributed by atoms with Crippen LogP contribution in [0.15, 0.2) is 29.3 Å². The fourth-order valence-corrected chi connectivity index (χ4v) is 3.33. The van der Waals surface area contributed by atoms with Gasteiger partial charge in [-0.05, 0) is 42.5 Å². The van der Waals surface area contributed by atoms with E-state index < -0.39 is 0 Å². The highest BCUT2D eigenvalue weighted by atomic mass is 79.9. The van der Waals surface area contributed by atoms with Crippen LogP contribution in [0.4, 0.5) is 5.69 Å². The van der Waals surface area contributed by atoms with E-state index >= 15 is 0 Å². The van der Waals surface area contributed by atoms with E-state index in [1.54, 1.807) is 4.90 Å². The molecule has 1 heterocycles. The van der Waals surface area contributed by atoms with Crippen LogP contribution >= 0.6 is 15.9 Å². The van der Waals surface area contributed by atoms with Gasteiger partial charge in [0.15, 0.2) is 0 Å². The number of halogens is 1. The molecule has 1 aromatic rings. The number of benzene rings is 1. The molecule has 1 saturated heterocycles. The molecule has 3 rings (SSSR count). The van der Waals surface area contributed by atoms with Crippen molar-refractivity contribution in [1.29, 1.82) is 0 Å². The molecule has 1 N–H and O–H groups in total. The van der Waals surface area contributed by atoms with Gasteiger partial charge in [0, 0.05) is 29.7 Å².